The summed E-state index contributed by atoms with van der Waals surface area (Å²) in [6.45, 7) is 7.66. The van der Waals surface area contributed by atoms with Crippen molar-refractivity contribution >= 4 is 5.91 Å². The Morgan fingerprint density at radius 2 is 1.58 bits per heavy atom. The molecule has 128 valence electrons. The van der Waals surface area contributed by atoms with Gasteiger partial charge >= 0.3 is 0 Å². The number of aliphatic hydroxyl groups is 1. The Balaban J connectivity index is 0.00000100. The fraction of sp³-hybridized carbons (Fsp3) is 0.381. The van der Waals surface area contributed by atoms with Gasteiger partial charge in [0.2, 0.25) is 5.91 Å². The number of rotatable bonds is 2. The fourth-order valence-electron chi connectivity index (χ4n) is 3.16. The molecule has 24 heavy (non-hydrogen) atoms. The topological polar surface area (TPSA) is 40.5 Å². The van der Waals surface area contributed by atoms with Crippen LogP contribution in [0.2, 0.25) is 0 Å². The summed E-state index contributed by atoms with van der Waals surface area (Å²) in [5, 5.41) is 7.00. The Hall–Kier alpha value is -2.13. The molecule has 3 heteroatoms. The lowest BCUT2D eigenvalue weighted by Gasteiger charge is -2.35. The number of aliphatic hydroxyl groups excluding tert-OH is 1. The van der Waals surface area contributed by atoms with Gasteiger partial charge in [-0.3, -0.25) is 4.79 Å². The number of fused-ring (bicyclic) bond motifs is 1. The lowest BCUT2D eigenvalue weighted by atomic mass is 9.82. The zero-order valence-corrected chi connectivity index (χ0v) is 15.0. The predicted octanol–water partition coefficient (Wildman–Crippen LogP) is 3.47. The highest BCUT2D eigenvalue weighted by Gasteiger charge is 2.34. The molecule has 0 unspecified atom stereocenters. The van der Waals surface area contributed by atoms with Crippen molar-refractivity contribution in [1.29, 1.82) is 0 Å². The maximum absolute atomic E-state index is 13.0. The van der Waals surface area contributed by atoms with E-state index in [1.807, 2.05) is 18.7 Å². The fourth-order valence-corrected chi connectivity index (χ4v) is 3.16. The molecule has 0 saturated heterocycles. The van der Waals surface area contributed by atoms with Crippen molar-refractivity contribution in [2.45, 2.75) is 39.2 Å². The molecule has 1 amide bonds. The molecule has 1 aliphatic heterocycles. The van der Waals surface area contributed by atoms with Gasteiger partial charge < -0.3 is 10.0 Å². The lowest BCUT2D eigenvalue weighted by Crippen LogP contribution is -2.45. The number of hydrogen-bond donors (Lipinski definition) is 1. The Morgan fingerprint density at radius 1 is 1.00 bits per heavy atom. The van der Waals surface area contributed by atoms with Gasteiger partial charge in [-0.2, -0.15) is 0 Å². The molecule has 0 atom stereocenters. The monoisotopic (exact) mass is 325 g/mol. The number of benzene rings is 2. The van der Waals surface area contributed by atoms with Crippen LogP contribution in [0, 0.1) is 6.92 Å². The van der Waals surface area contributed by atoms with E-state index >= 15 is 0 Å². The summed E-state index contributed by atoms with van der Waals surface area (Å²) in [4.78, 5) is 15.0. The van der Waals surface area contributed by atoms with Crippen LogP contribution in [0.5, 0.6) is 0 Å². The van der Waals surface area contributed by atoms with Crippen molar-refractivity contribution in [2.24, 2.45) is 0 Å². The van der Waals surface area contributed by atoms with E-state index in [1.165, 1.54) is 16.7 Å². The predicted molar refractivity (Wildman–Crippen MR) is 97.9 cm³/mol. The molecule has 3 nitrogen and oxygen atoms in total. The number of carbonyl (C=O) groups excluding carboxylic acids is 1. The normalized spacial score (nSPS) is 13.6. The molecule has 0 radical (unpaired) electrons. The van der Waals surface area contributed by atoms with Gasteiger partial charge in [-0.1, -0.05) is 54.1 Å². The van der Waals surface area contributed by atoms with Gasteiger partial charge in [-0.15, -0.1) is 0 Å². The molecule has 0 saturated carbocycles. The first-order chi connectivity index (χ1) is 11.5. The number of carbonyl (C=O) groups is 1. The minimum absolute atomic E-state index is 0.214. The van der Waals surface area contributed by atoms with Gasteiger partial charge in [0, 0.05) is 20.2 Å². The van der Waals surface area contributed by atoms with Crippen LogP contribution in [0.15, 0.2) is 48.5 Å². The summed E-state index contributed by atoms with van der Waals surface area (Å²) in [6.07, 6.45) is 0.950. The van der Waals surface area contributed by atoms with Crippen molar-refractivity contribution in [3.8, 4) is 0 Å². The number of aryl methyl sites for hydroxylation is 1. The van der Waals surface area contributed by atoms with Crippen LogP contribution in [-0.2, 0) is 23.2 Å². The highest BCUT2D eigenvalue weighted by atomic mass is 16.2. The summed E-state index contributed by atoms with van der Waals surface area (Å²) in [5.74, 6) is 0.214. The first kappa shape index (κ1) is 18.2. The molecule has 1 N–H and O–H groups in total. The van der Waals surface area contributed by atoms with Crippen molar-refractivity contribution in [2.75, 3.05) is 13.7 Å². The largest absolute Gasteiger partial charge is 0.400 e. The Bertz CT molecular complexity index is 689. The van der Waals surface area contributed by atoms with Crippen LogP contribution < -0.4 is 0 Å². The minimum Gasteiger partial charge on any atom is -0.400 e. The summed E-state index contributed by atoms with van der Waals surface area (Å²) >= 11 is 0. The van der Waals surface area contributed by atoms with Gasteiger partial charge in [0.1, 0.15) is 0 Å². The van der Waals surface area contributed by atoms with Crippen molar-refractivity contribution in [3.63, 3.8) is 0 Å². The Kier molecular flexibility index (Phi) is 5.79. The molecule has 0 fully saturated rings. The van der Waals surface area contributed by atoms with E-state index < -0.39 is 5.41 Å². The molecule has 0 aliphatic carbocycles. The average Bonchev–Trinajstić information content (AvgIpc) is 2.62. The molecule has 1 heterocycles. The second-order valence-electron chi connectivity index (χ2n) is 6.74. The molecule has 1 aliphatic rings. The molecular weight excluding hydrogens is 298 g/mol. The van der Waals surface area contributed by atoms with Gasteiger partial charge in [-0.05, 0) is 43.9 Å². The van der Waals surface area contributed by atoms with E-state index in [2.05, 4.69) is 55.5 Å². The third-order valence-electron chi connectivity index (χ3n) is 4.73. The molecule has 3 rings (SSSR count). The third kappa shape index (κ3) is 3.68. The van der Waals surface area contributed by atoms with E-state index in [-0.39, 0.29) is 5.91 Å². The SMILES string of the molecule is CO.Cc1ccc(C(C)(C)C(=O)N2CCc3ccccc3C2)cc1. The van der Waals surface area contributed by atoms with Crippen molar-refractivity contribution in [3.05, 3.63) is 70.8 Å². The second-order valence-corrected chi connectivity index (χ2v) is 6.74. The van der Waals surface area contributed by atoms with Crippen LogP contribution in [0.3, 0.4) is 0 Å². The van der Waals surface area contributed by atoms with Gasteiger partial charge in [0.15, 0.2) is 0 Å². The van der Waals surface area contributed by atoms with Gasteiger partial charge in [-0.25, -0.2) is 0 Å². The van der Waals surface area contributed by atoms with Crippen LogP contribution in [0.1, 0.15) is 36.1 Å². The molecule has 0 aromatic heterocycles. The van der Waals surface area contributed by atoms with Gasteiger partial charge in [0.25, 0.3) is 0 Å². The van der Waals surface area contributed by atoms with E-state index in [0.717, 1.165) is 32.2 Å². The molecule has 2 aromatic carbocycles. The van der Waals surface area contributed by atoms with Crippen LogP contribution in [-0.4, -0.2) is 29.6 Å². The van der Waals surface area contributed by atoms with Crippen molar-refractivity contribution in [1.82, 2.24) is 4.90 Å². The Labute approximate surface area is 144 Å². The quantitative estimate of drug-likeness (QED) is 0.918. The smallest absolute Gasteiger partial charge is 0.232 e. The first-order valence-corrected chi connectivity index (χ1v) is 8.36. The minimum atomic E-state index is -0.486. The van der Waals surface area contributed by atoms with E-state index in [4.69, 9.17) is 5.11 Å². The van der Waals surface area contributed by atoms with E-state index in [1.54, 1.807) is 0 Å². The molecule has 2 aromatic rings. The van der Waals surface area contributed by atoms with Crippen LogP contribution >= 0.6 is 0 Å². The zero-order valence-electron chi connectivity index (χ0n) is 15.0. The van der Waals surface area contributed by atoms with Crippen LogP contribution in [0.25, 0.3) is 0 Å². The maximum atomic E-state index is 13.0. The van der Waals surface area contributed by atoms with Gasteiger partial charge in [0.05, 0.1) is 5.41 Å². The number of hydrogen-bond acceptors (Lipinski definition) is 2. The molecule has 0 bridgehead atoms. The summed E-state index contributed by atoms with van der Waals surface area (Å²) < 4.78 is 0. The molecule has 0 spiro atoms. The summed E-state index contributed by atoms with van der Waals surface area (Å²) in [5.41, 5.74) is 4.47. The maximum Gasteiger partial charge on any atom is 0.232 e. The Morgan fingerprint density at radius 3 is 2.21 bits per heavy atom. The summed E-state index contributed by atoms with van der Waals surface area (Å²) in [7, 11) is 1.00. The highest BCUT2D eigenvalue weighted by molar-refractivity contribution is 5.87. The number of nitrogens with zero attached hydrogens (tertiary/aromatic N) is 1. The standard InChI is InChI=1S/C20H23NO.CH4O/c1-15-8-10-18(11-9-15)20(2,3)19(22)21-13-12-16-6-4-5-7-17(16)14-21;1-2/h4-11H,12-14H2,1-3H3;2H,1H3. The van der Waals surface area contributed by atoms with Crippen molar-refractivity contribution < 1.29 is 9.90 Å². The second kappa shape index (κ2) is 7.63. The summed E-state index contributed by atoms with van der Waals surface area (Å²) in [6, 6.07) is 16.7. The third-order valence-corrected chi connectivity index (χ3v) is 4.73. The average molecular weight is 325 g/mol. The van der Waals surface area contributed by atoms with E-state index in [9.17, 15) is 4.79 Å². The lowest BCUT2D eigenvalue weighted by molar-refractivity contribution is -0.137. The zero-order chi connectivity index (χ0) is 17.7. The number of amides is 1. The highest BCUT2D eigenvalue weighted by Crippen LogP contribution is 2.29. The van der Waals surface area contributed by atoms with Crippen LogP contribution in [0.4, 0.5) is 0 Å². The molecular formula is C21H27NO2. The first-order valence-electron chi connectivity index (χ1n) is 8.36. The van der Waals surface area contributed by atoms with E-state index in [0.29, 0.717) is 0 Å².